The van der Waals surface area contributed by atoms with E-state index >= 15 is 0 Å². The molecule has 0 aliphatic carbocycles. The van der Waals surface area contributed by atoms with Gasteiger partial charge in [0.25, 0.3) is 6.71 Å². The van der Waals surface area contributed by atoms with Crippen molar-refractivity contribution in [1.29, 1.82) is 0 Å². The fraction of sp³-hybridized carbons (Fsp3) is 0.0417. The van der Waals surface area contributed by atoms with E-state index < -0.39 is 0 Å². The third-order valence-electron chi connectivity index (χ3n) is 20.8. The van der Waals surface area contributed by atoms with E-state index in [1.807, 2.05) is 22.7 Å². The highest BCUT2D eigenvalue weighted by Crippen LogP contribution is 2.55. The lowest BCUT2D eigenvalue weighted by molar-refractivity contribution is 0.590. The molecule has 102 heavy (non-hydrogen) atoms. The van der Waals surface area contributed by atoms with Crippen LogP contribution < -0.4 is 30.4 Å². The summed E-state index contributed by atoms with van der Waals surface area (Å²) in [7, 11) is 0. The van der Waals surface area contributed by atoms with Crippen LogP contribution in [-0.4, -0.2) is 6.71 Å². The summed E-state index contributed by atoms with van der Waals surface area (Å²) in [6.45, 7) is 6.75. The summed E-state index contributed by atoms with van der Waals surface area (Å²) >= 11 is 3.82. The fourth-order valence-corrected chi connectivity index (χ4v) is 18.4. The molecule has 2 aromatic heterocycles. The maximum atomic E-state index is 2.69. The zero-order valence-electron chi connectivity index (χ0n) is 56.8. The Balaban J connectivity index is 0.954. The first kappa shape index (κ1) is 61.1. The van der Waals surface area contributed by atoms with E-state index in [0.717, 1.165) is 90.0 Å². The molecule has 0 saturated heterocycles. The van der Waals surface area contributed by atoms with Crippen LogP contribution in [-0.2, 0) is 5.41 Å². The number of thiophene rings is 2. The molecule has 0 bridgehead atoms. The van der Waals surface area contributed by atoms with Crippen LogP contribution in [0.4, 0.5) is 51.2 Å². The Bertz CT molecular complexity index is 6050. The van der Waals surface area contributed by atoms with Gasteiger partial charge in [0.05, 0.1) is 17.1 Å². The minimum atomic E-state index is -0.186. The van der Waals surface area contributed by atoms with Crippen LogP contribution in [0.1, 0.15) is 26.3 Å². The van der Waals surface area contributed by atoms with Crippen molar-refractivity contribution in [2.45, 2.75) is 26.2 Å². The van der Waals surface area contributed by atoms with E-state index in [9.17, 15) is 0 Å². The van der Waals surface area contributed by atoms with Crippen LogP contribution in [0.15, 0.2) is 358 Å². The monoisotopic (exact) mass is 1340 g/mol. The van der Waals surface area contributed by atoms with Crippen molar-refractivity contribution in [3.05, 3.63) is 363 Å². The SMILES string of the molecule is CC(C)(C)c1ccc(N2c3cc(-c4ccccc4)cc4c3B(c3ccc(N(c5ccccc5)c5cc(-c6ccccc6)ccc5-c5ccccc5)cc3N4c3ccc(-c4ccccc4-c4ccccc4)cc3-c3cccc4sc5ccccc5c34)c3sc4ccc(-c5ccccc5)cc4c32)cc1. The largest absolute Gasteiger partial charge is 0.311 e. The molecular formula is C96H68BN3S2. The molecule has 3 nitrogen and oxygen atoms in total. The number of rotatable bonds is 12. The number of fused-ring (bicyclic) bond motifs is 9. The number of hydrogen-bond donors (Lipinski definition) is 0. The minimum absolute atomic E-state index is 0.0494. The predicted octanol–water partition coefficient (Wildman–Crippen LogP) is 25.8. The molecule has 17 aromatic rings. The Labute approximate surface area is 604 Å². The van der Waals surface area contributed by atoms with Gasteiger partial charge in [0, 0.05) is 80.3 Å². The van der Waals surface area contributed by atoms with Crippen molar-refractivity contribution < 1.29 is 0 Å². The molecule has 0 radical (unpaired) electrons. The van der Waals surface area contributed by atoms with Gasteiger partial charge < -0.3 is 14.7 Å². The predicted molar refractivity (Wildman–Crippen MR) is 440 cm³/mol. The van der Waals surface area contributed by atoms with Crippen LogP contribution in [0.5, 0.6) is 0 Å². The van der Waals surface area contributed by atoms with E-state index in [4.69, 9.17) is 0 Å². The van der Waals surface area contributed by atoms with Gasteiger partial charge >= 0.3 is 0 Å². The van der Waals surface area contributed by atoms with Gasteiger partial charge in [-0.3, -0.25) is 0 Å². The van der Waals surface area contributed by atoms with Crippen molar-refractivity contribution in [2.75, 3.05) is 14.7 Å². The summed E-state index contributed by atoms with van der Waals surface area (Å²) in [5, 5.41) is 3.75. The lowest BCUT2D eigenvalue weighted by Gasteiger charge is -2.44. The van der Waals surface area contributed by atoms with Crippen LogP contribution in [0.2, 0.25) is 0 Å². The van der Waals surface area contributed by atoms with Crippen LogP contribution in [0.25, 0.3) is 108 Å². The molecule has 482 valence electrons. The van der Waals surface area contributed by atoms with E-state index in [-0.39, 0.29) is 12.1 Å². The first-order valence-corrected chi connectivity index (χ1v) is 36.9. The van der Waals surface area contributed by atoms with Crippen LogP contribution in [0, 0.1) is 0 Å². The molecule has 4 heterocycles. The summed E-state index contributed by atoms with van der Waals surface area (Å²) < 4.78 is 5.09. The zero-order chi connectivity index (χ0) is 68.0. The molecule has 0 N–H and O–H groups in total. The molecule has 0 saturated carbocycles. The van der Waals surface area contributed by atoms with Gasteiger partial charge in [-0.05, 0) is 180 Å². The Morgan fingerprint density at radius 1 is 0.304 bits per heavy atom. The third-order valence-corrected chi connectivity index (χ3v) is 23.2. The second-order valence-corrected chi connectivity index (χ2v) is 30.1. The second-order valence-electron chi connectivity index (χ2n) is 27.9. The van der Waals surface area contributed by atoms with Gasteiger partial charge in [-0.15, -0.1) is 22.7 Å². The quantitative estimate of drug-likeness (QED) is 0.113. The topological polar surface area (TPSA) is 9.72 Å². The second kappa shape index (κ2) is 25.0. The fourth-order valence-electron chi connectivity index (χ4n) is 16.0. The molecule has 0 atom stereocenters. The zero-order valence-corrected chi connectivity index (χ0v) is 58.4. The third kappa shape index (κ3) is 10.5. The molecule has 0 amide bonds. The maximum absolute atomic E-state index is 2.69. The lowest BCUT2D eigenvalue weighted by Crippen LogP contribution is -2.60. The summed E-state index contributed by atoms with van der Waals surface area (Å²) in [6.07, 6.45) is 0. The normalized spacial score (nSPS) is 12.4. The maximum Gasteiger partial charge on any atom is 0.264 e. The van der Waals surface area contributed by atoms with Crippen molar-refractivity contribution in [3.63, 3.8) is 0 Å². The first-order chi connectivity index (χ1) is 50.2. The molecule has 19 rings (SSSR count). The molecule has 15 aromatic carbocycles. The highest BCUT2D eigenvalue weighted by Gasteiger charge is 2.46. The van der Waals surface area contributed by atoms with Crippen LogP contribution in [0.3, 0.4) is 0 Å². The molecule has 0 unspecified atom stereocenters. The summed E-state index contributed by atoms with van der Waals surface area (Å²) in [4.78, 5) is 7.83. The van der Waals surface area contributed by atoms with Gasteiger partial charge in [0.2, 0.25) is 0 Å². The molecular weight excluding hydrogens is 1270 g/mol. The highest BCUT2D eigenvalue weighted by molar-refractivity contribution is 7.33. The van der Waals surface area contributed by atoms with E-state index in [2.05, 4.69) is 393 Å². The number of benzene rings is 15. The van der Waals surface area contributed by atoms with Crippen molar-refractivity contribution in [3.8, 4) is 77.9 Å². The molecule has 2 aliphatic rings. The van der Waals surface area contributed by atoms with Gasteiger partial charge in [-0.2, -0.15) is 0 Å². The van der Waals surface area contributed by atoms with E-state index in [0.29, 0.717) is 0 Å². The molecule has 6 heteroatoms. The Morgan fingerprint density at radius 2 is 0.833 bits per heavy atom. The van der Waals surface area contributed by atoms with Gasteiger partial charge in [-0.1, -0.05) is 288 Å². The Hall–Kier alpha value is -12.1. The number of nitrogens with zero attached hydrogens (tertiary/aromatic N) is 3. The standard InChI is InChI=1S/C96H68BN3S2/c1-96(2,3)72-48-50-74(51-49-72)99-87-60-71(65-31-14-6-15-32-65)61-88-93(87)97(95-94(99)82-57-68(47-56-90(82)102-95)63-27-10-4-11-28-63)83-54-52-75(98(73-37-20-9-21-38-73)85-59-69(64-29-12-5-13-30-64)45-53-78(85)67-35-18-8-19-36-67)62-86(83)100(88)84-55-46-70(77-40-23-22-39-76(77)66-33-16-7-17-34-66)58-81(84)79-42-26-44-91-92(79)80-41-24-25-43-89(80)101-91/h4-62H,1-3H3. The van der Waals surface area contributed by atoms with E-state index in [1.54, 1.807) is 0 Å². The van der Waals surface area contributed by atoms with Gasteiger partial charge in [0.15, 0.2) is 0 Å². The first-order valence-electron chi connectivity index (χ1n) is 35.2. The van der Waals surface area contributed by atoms with Crippen molar-refractivity contribution in [2.24, 2.45) is 0 Å². The van der Waals surface area contributed by atoms with Gasteiger partial charge in [-0.25, -0.2) is 0 Å². The summed E-state index contributed by atoms with van der Waals surface area (Å²) in [6, 6.07) is 134. The van der Waals surface area contributed by atoms with Crippen LogP contribution >= 0.6 is 22.7 Å². The van der Waals surface area contributed by atoms with E-state index in [1.165, 1.54) is 90.6 Å². The number of para-hydroxylation sites is 1. The highest BCUT2D eigenvalue weighted by atomic mass is 32.1. The summed E-state index contributed by atoms with van der Waals surface area (Å²) in [5.74, 6) is 0. The Morgan fingerprint density at radius 3 is 1.50 bits per heavy atom. The van der Waals surface area contributed by atoms with Gasteiger partial charge in [0.1, 0.15) is 0 Å². The average molecular weight is 1340 g/mol. The Kier molecular flexibility index (Phi) is 15.0. The lowest BCUT2D eigenvalue weighted by atomic mass is 9.36. The molecule has 2 aliphatic heterocycles. The summed E-state index contributed by atoms with van der Waals surface area (Å²) in [5.41, 5.74) is 30.0. The smallest absolute Gasteiger partial charge is 0.264 e. The number of anilines is 9. The average Bonchev–Trinajstić information content (AvgIpc) is 1.29. The molecule has 0 fully saturated rings. The molecule has 0 spiro atoms. The minimum Gasteiger partial charge on any atom is -0.311 e. The van der Waals surface area contributed by atoms with Crippen molar-refractivity contribution in [1.82, 2.24) is 0 Å². The van der Waals surface area contributed by atoms with Crippen molar-refractivity contribution >= 4 is 127 Å². The number of hydrogen-bond acceptors (Lipinski definition) is 5.